The zero-order valence-corrected chi connectivity index (χ0v) is 11.1. The number of nitrogens with zero attached hydrogens (tertiary/aromatic N) is 2. The Kier molecular flexibility index (Phi) is 4.16. The predicted molar refractivity (Wildman–Crippen MR) is 71.5 cm³/mol. The topological polar surface area (TPSA) is 53.1 Å². The van der Waals surface area contributed by atoms with Gasteiger partial charge in [0, 0.05) is 6.54 Å². The zero-order valence-electron chi connectivity index (χ0n) is 11.1. The molecule has 0 aliphatic heterocycles. The quantitative estimate of drug-likeness (QED) is 0.901. The number of hydrogen-bond acceptors (Lipinski definition) is 3. The Morgan fingerprint density at radius 3 is 2.89 bits per heavy atom. The number of halogens is 1. The van der Waals surface area contributed by atoms with Crippen LogP contribution in [-0.4, -0.2) is 16.9 Å². The number of hydrogen-bond donors (Lipinski definition) is 1. The Balaban J connectivity index is 2.41. The number of benzene rings is 1. The highest BCUT2D eigenvalue weighted by Crippen LogP contribution is 2.28. The second-order valence-corrected chi connectivity index (χ2v) is 4.35. The van der Waals surface area contributed by atoms with E-state index in [1.165, 1.54) is 12.1 Å². The molecule has 5 heteroatoms. The first-order valence-electron chi connectivity index (χ1n) is 6.28. The molecule has 4 nitrogen and oxygen atoms in total. The van der Waals surface area contributed by atoms with Crippen LogP contribution < -0.4 is 10.5 Å². The normalized spacial score (nSPS) is 12.4. The van der Waals surface area contributed by atoms with Crippen molar-refractivity contribution in [2.75, 3.05) is 7.11 Å². The molecule has 0 amide bonds. The molecule has 0 radical (unpaired) electrons. The van der Waals surface area contributed by atoms with Crippen molar-refractivity contribution < 1.29 is 9.13 Å². The van der Waals surface area contributed by atoms with E-state index in [2.05, 4.69) is 12.0 Å². The predicted octanol–water partition coefficient (Wildman–Crippen LogP) is 2.49. The van der Waals surface area contributed by atoms with Gasteiger partial charge in [0.2, 0.25) is 0 Å². The summed E-state index contributed by atoms with van der Waals surface area (Å²) in [5.41, 5.74) is 7.71. The average Bonchev–Trinajstić information content (AvgIpc) is 2.81. The van der Waals surface area contributed by atoms with Crippen molar-refractivity contribution in [3.63, 3.8) is 0 Å². The van der Waals surface area contributed by atoms with Crippen LogP contribution in [0.5, 0.6) is 5.75 Å². The monoisotopic (exact) mass is 263 g/mol. The van der Waals surface area contributed by atoms with Gasteiger partial charge in [-0.3, -0.25) is 4.68 Å². The lowest BCUT2D eigenvalue weighted by Crippen LogP contribution is -2.18. The lowest BCUT2D eigenvalue weighted by Gasteiger charge is -2.16. The molecule has 2 rings (SSSR count). The van der Waals surface area contributed by atoms with Crippen molar-refractivity contribution in [1.29, 1.82) is 0 Å². The lowest BCUT2D eigenvalue weighted by atomic mass is 10.0. The average molecular weight is 263 g/mol. The fraction of sp³-hybridized carbons (Fsp3) is 0.357. The molecule has 0 fully saturated rings. The number of methoxy groups -OCH3 is 1. The molecule has 0 saturated heterocycles. The van der Waals surface area contributed by atoms with E-state index < -0.39 is 6.04 Å². The van der Waals surface area contributed by atoms with E-state index in [9.17, 15) is 4.39 Å². The zero-order chi connectivity index (χ0) is 13.8. The van der Waals surface area contributed by atoms with Gasteiger partial charge in [-0.05, 0) is 24.1 Å². The molecule has 1 aromatic heterocycles. The summed E-state index contributed by atoms with van der Waals surface area (Å²) >= 11 is 0. The number of aromatic nitrogens is 2. The summed E-state index contributed by atoms with van der Waals surface area (Å²) in [6, 6.07) is 5.83. The van der Waals surface area contributed by atoms with Crippen LogP contribution in [0.1, 0.15) is 30.6 Å². The van der Waals surface area contributed by atoms with E-state index >= 15 is 0 Å². The number of aryl methyl sites for hydroxylation is 1. The molecule has 2 aromatic rings. The molecule has 19 heavy (non-hydrogen) atoms. The molecule has 0 saturated carbocycles. The van der Waals surface area contributed by atoms with Gasteiger partial charge in [-0.1, -0.05) is 19.1 Å². The highest BCUT2D eigenvalue weighted by Gasteiger charge is 2.20. The maximum atomic E-state index is 13.3. The minimum atomic E-state index is -0.459. The summed E-state index contributed by atoms with van der Waals surface area (Å²) < 4.78 is 20.4. The van der Waals surface area contributed by atoms with Gasteiger partial charge in [0.1, 0.15) is 11.5 Å². The van der Waals surface area contributed by atoms with Gasteiger partial charge in [0.25, 0.3) is 0 Å². The Bertz CT molecular complexity index is 553. The lowest BCUT2D eigenvalue weighted by molar-refractivity contribution is 0.404. The van der Waals surface area contributed by atoms with E-state index in [-0.39, 0.29) is 5.82 Å². The van der Waals surface area contributed by atoms with Gasteiger partial charge < -0.3 is 10.5 Å². The van der Waals surface area contributed by atoms with Crippen LogP contribution in [0, 0.1) is 5.82 Å². The second-order valence-electron chi connectivity index (χ2n) is 4.35. The standard InChI is InChI=1S/C14H18FN3O/c1-3-7-18-14(12(19-2)9-17-18)13(16)10-5-4-6-11(15)8-10/h4-6,8-9,13H,3,7,16H2,1-2H3. The minimum Gasteiger partial charge on any atom is -0.493 e. The number of rotatable bonds is 5. The van der Waals surface area contributed by atoms with E-state index in [0.29, 0.717) is 11.3 Å². The van der Waals surface area contributed by atoms with E-state index in [0.717, 1.165) is 18.7 Å². The second kappa shape index (κ2) is 5.84. The molecule has 102 valence electrons. The van der Waals surface area contributed by atoms with Crippen molar-refractivity contribution in [3.05, 3.63) is 47.5 Å². The molecule has 0 aliphatic carbocycles. The third-order valence-corrected chi connectivity index (χ3v) is 3.00. The Labute approximate surface area is 112 Å². The largest absolute Gasteiger partial charge is 0.493 e. The fourth-order valence-corrected chi connectivity index (χ4v) is 2.10. The molecule has 1 unspecified atom stereocenters. The number of nitrogens with two attached hydrogens (primary N) is 1. The first-order chi connectivity index (χ1) is 9.17. The summed E-state index contributed by atoms with van der Waals surface area (Å²) in [5, 5.41) is 4.26. The Hall–Kier alpha value is -1.88. The highest BCUT2D eigenvalue weighted by molar-refractivity contribution is 5.36. The van der Waals surface area contributed by atoms with Crippen molar-refractivity contribution in [1.82, 2.24) is 9.78 Å². The van der Waals surface area contributed by atoms with Crippen molar-refractivity contribution in [2.45, 2.75) is 25.9 Å². The molecular weight excluding hydrogens is 245 g/mol. The van der Waals surface area contributed by atoms with Crippen molar-refractivity contribution in [3.8, 4) is 5.75 Å². The SMILES string of the molecule is CCCn1ncc(OC)c1C(N)c1cccc(F)c1. The van der Waals surface area contributed by atoms with Crippen LogP contribution in [0.15, 0.2) is 30.5 Å². The molecular formula is C14H18FN3O. The number of ether oxygens (including phenoxy) is 1. The highest BCUT2D eigenvalue weighted by atomic mass is 19.1. The Morgan fingerprint density at radius 2 is 2.26 bits per heavy atom. The minimum absolute atomic E-state index is 0.298. The van der Waals surface area contributed by atoms with Gasteiger partial charge in [0.05, 0.1) is 19.3 Å². The Morgan fingerprint density at radius 1 is 1.47 bits per heavy atom. The third kappa shape index (κ3) is 2.76. The smallest absolute Gasteiger partial charge is 0.161 e. The van der Waals surface area contributed by atoms with Gasteiger partial charge >= 0.3 is 0 Å². The third-order valence-electron chi connectivity index (χ3n) is 3.00. The van der Waals surface area contributed by atoms with E-state index in [1.807, 2.05) is 4.68 Å². The first-order valence-corrected chi connectivity index (χ1v) is 6.28. The van der Waals surface area contributed by atoms with Crippen LogP contribution in [-0.2, 0) is 6.54 Å². The summed E-state index contributed by atoms with van der Waals surface area (Å²) in [4.78, 5) is 0. The fourth-order valence-electron chi connectivity index (χ4n) is 2.10. The van der Waals surface area contributed by atoms with Crippen molar-refractivity contribution in [2.24, 2.45) is 5.73 Å². The van der Waals surface area contributed by atoms with Crippen molar-refractivity contribution >= 4 is 0 Å². The van der Waals surface area contributed by atoms with Gasteiger partial charge in [-0.2, -0.15) is 5.10 Å². The van der Waals surface area contributed by atoms with Gasteiger partial charge in [-0.15, -0.1) is 0 Å². The van der Waals surface area contributed by atoms with Crippen LogP contribution >= 0.6 is 0 Å². The summed E-state index contributed by atoms with van der Waals surface area (Å²) in [6.07, 6.45) is 2.58. The summed E-state index contributed by atoms with van der Waals surface area (Å²) in [7, 11) is 1.58. The maximum Gasteiger partial charge on any atom is 0.161 e. The van der Waals surface area contributed by atoms with Gasteiger partial charge in [-0.25, -0.2) is 4.39 Å². The summed E-state index contributed by atoms with van der Waals surface area (Å²) in [6.45, 7) is 2.81. The molecule has 0 aliphatic rings. The van der Waals surface area contributed by atoms with Gasteiger partial charge in [0.15, 0.2) is 5.75 Å². The van der Waals surface area contributed by atoms with Crippen LogP contribution in [0.25, 0.3) is 0 Å². The molecule has 1 heterocycles. The molecule has 2 N–H and O–H groups in total. The molecule has 1 atom stereocenters. The molecule has 0 bridgehead atoms. The van der Waals surface area contributed by atoms with Crippen LogP contribution in [0.2, 0.25) is 0 Å². The summed E-state index contributed by atoms with van der Waals surface area (Å²) in [5.74, 6) is 0.332. The van der Waals surface area contributed by atoms with Crippen LogP contribution in [0.4, 0.5) is 4.39 Å². The molecule has 0 spiro atoms. The first kappa shape index (κ1) is 13.5. The molecule has 1 aromatic carbocycles. The van der Waals surface area contributed by atoms with Crippen LogP contribution in [0.3, 0.4) is 0 Å². The van der Waals surface area contributed by atoms with E-state index in [4.69, 9.17) is 10.5 Å². The van der Waals surface area contributed by atoms with E-state index in [1.54, 1.807) is 25.4 Å². The maximum absolute atomic E-state index is 13.3.